The van der Waals surface area contributed by atoms with Crippen molar-refractivity contribution < 1.29 is 9.84 Å². The summed E-state index contributed by atoms with van der Waals surface area (Å²) in [5.74, 6) is 1.35. The first-order valence-electron chi connectivity index (χ1n) is 7.64. The molecule has 0 aliphatic carbocycles. The Balaban J connectivity index is 1.95. The second-order valence-electron chi connectivity index (χ2n) is 4.92. The second-order valence-corrected chi connectivity index (χ2v) is 5.95. The molecule has 2 aromatic rings. The molecule has 1 aromatic heterocycles. The average Bonchev–Trinajstić information content (AvgIpc) is 3.07. The molecule has 0 spiro atoms. The first-order chi connectivity index (χ1) is 11.2. The number of nitrogens with one attached hydrogen (secondary N) is 2. The van der Waals surface area contributed by atoms with E-state index >= 15 is 0 Å². The highest BCUT2D eigenvalue weighted by atomic mass is 32.1. The van der Waals surface area contributed by atoms with Crippen LogP contribution in [0.2, 0.25) is 0 Å². The highest BCUT2D eigenvalue weighted by Gasteiger charge is 2.07. The van der Waals surface area contributed by atoms with Gasteiger partial charge in [-0.1, -0.05) is 18.2 Å². The van der Waals surface area contributed by atoms with E-state index in [0.717, 1.165) is 31.0 Å². The number of methoxy groups -OCH3 is 1. The van der Waals surface area contributed by atoms with Crippen LogP contribution in [0.15, 0.2) is 40.7 Å². The van der Waals surface area contributed by atoms with E-state index in [9.17, 15) is 5.11 Å². The maximum Gasteiger partial charge on any atom is 0.191 e. The number of para-hydroxylation sites is 1. The Morgan fingerprint density at radius 3 is 2.83 bits per heavy atom. The zero-order chi connectivity index (χ0) is 16.5. The fourth-order valence-corrected chi connectivity index (χ4v) is 2.83. The lowest BCUT2D eigenvalue weighted by Gasteiger charge is -2.12. The van der Waals surface area contributed by atoms with Gasteiger partial charge in [-0.2, -0.15) is 0 Å². The minimum Gasteiger partial charge on any atom is -0.504 e. The molecule has 0 aliphatic heterocycles. The third-order valence-corrected chi connectivity index (χ3v) is 4.23. The number of benzene rings is 1. The molecule has 0 amide bonds. The van der Waals surface area contributed by atoms with Gasteiger partial charge in [0.05, 0.1) is 13.7 Å². The lowest BCUT2D eigenvalue weighted by Crippen LogP contribution is -2.38. The highest BCUT2D eigenvalue weighted by Crippen LogP contribution is 2.29. The van der Waals surface area contributed by atoms with Gasteiger partial charge in [0.25, 0.3) is 0 Å². The molecule has 3 N–H and O–H groups in total. The molecule has 1 aromatic carbocycles. The zero-order valence-electron chi connectivity index (χ0n) is 13.5. The number of rotatable bonds is 7. The van der Waals surface area contributed by atoms with E-state index in [0.29, 0.717) is 12.3 Å². The van der Waals surface area contributed by atoms with Gasteiger partial charge in [0.15, 0.2) is 17.5 Å². The van der Waals surface area contributed by atoms with Crippen molar-refractivity contribution in [2.24, 2.45) is 4.99 Å². The van der Waals surface area contributed by atoms with E-state index in [4.69, 9.17) is 4.74 Å². The molecule has 0 radical (unpaired) electrons. The van der Waals surface area contributed by atoms with Crippen molar-refractivity contribution in [1.82, 2.24) is 10.6 Å². The van der Waals surface area contributed by atoms with Gasteiger partial charge in [0.2, 0.25) is 0 Å². The van der Waals surface area contributed by atoms with E-state index in [1.165, 1.54) is 12.0 Å². The summed E-state index contributed by atoms with van der Waals surface area (Å²) in [5, 5.41) is 18.7. The lowest BCUT2D eigenvalue weighted by atomic mass is 10.2. The summed E-state index contributed by atoms with van der Waals surface area (Å²) in [6.45, 7) is 4.02. The molecule has 124 valence electrons. The van der Waals surface area contributed by atoms with Crippen LogP contribution < -0.4 is 15.4 Å². The van der Waals surface area contributed by atoms with Crippen molar-refractivity contribution in [3.05, 3.63) is 46.2 Å². The van der Waals surface area contributed by atoms with Gasteiger partial charge in [-0.25, -0.2) is 4.99 Å². The first kappa shape index (κ1) is 17.1. The maximum absolute atomic E-state index is 10.1. The van der Waals surface area contributed by atoms with Crippen molar-refractivity contribution in [3.8, 4) is 11.5 Å². The standard InChI is InChI=1S/C17H23N3O2S/c1-3-18-17(19-10-9-14-7-5-11-23-14)20-12-13-6-4-8-15(22-2)16(13)21/h4-8,11,21H,3,9-10,12H2,1-2H3,(H2,18,19,20). The van der Waals surface area contributed by atoms with Crippen molar-refractivity contribution in [2.75, 3.05) is 20.2 Å². The molecule has 0 aliphatic rings. The molecular weight excluding hydrogens is 310 g/mol. The Kier molecular flexibility index (Phi) is 6.75. The van der Waals surface area contributed by atoms with Crippen molar-refractivity contribution in [2.45, 2.75) is 19.9 Å². The fraction of sp³-hybridized carbons (Fsp3) is 0.353. The van der Waals surface area contributed by atoms with Crippen LogP contribution in [0.4, 0.5) is 0 Å². The SMILES string of the molecule is CCNC(=NCc1cccc(OC)c1O)NCCc1cccs1. The summed E-state index contributed by atoms with van der Waals surface area (Å²) in [5.41, 5.74) is 0.736. The van der Waals surface area contributed by atoms with E-state index in [1.54, 1.807) is 17.4 Å². The number of phenolic OH excluding ortho intramolecular Hbond substituents is 1. The topological polar surface area (TPSA) is 65.9 Å². The Bertz CT molecular complexity index is 627. The van der Waals surface area contributed by atoms with Crippen LogP contribution >= 0.6 is 11.3 Å². The Morgan fingerprint density at radius 1 is 1.26 bits per heavy atom. The predicted molar refractivity (Wildman–Crippen MR) is 95.5 cm³/mol. The number of phenols is 1. The molecule has 0 unspecified atom stereocenters. The van der Waals surface area contributed by atoms with E-state index in [2.05, 4.69) is 33.1 Å². The number of ether oxygens (including phenoxy) is 1. The fourth-order valence-electron chi connectivity index (χ4n) is 2.12. The van der Waals surface area contributed by atoms with Crippen molar-refractivity contribution >= 4 is 17.3 Å². The summed E-state index contributed by atoms with van der Waals surface area (Å²) >= 11 is 1.76. The minimum atomic E-state index is 0.146. The summed E-state index contributed by atoms with van der Waals surface area (Å²) in [7, 11) is 1.54. The minimum absolute atomic E-state index is 0.146. The molecule has 0 fully saturated rings. The lowest BCUT2D eigenvalue weighted by molar-refractivity contribution is 0.370. The predicted octanol–water partition coefficient (Wildman–Crippen LogP) is 2.76. The number of nitrogens with zero attached hydrogens (tertiary/aromatic N) is 1. The molecule has 23 heavy (non-hydrogen) atoms. The number of hydrogen-bond donors (Lipinski definition) is 3. The van der Waals surface area contributed by atoms with Crippen LogP contribution in [0.5, 0.6) is 11.5 Å². The normalized spacial score (nSPS) is 11.3. The number of thiophene rings is 1. The molecule has 0 bridgehead atoms. The number of hydrogen-bond acceptors (Lipinski definition) is 4. The first-order valence-corrected chi connectivity index (χ1v) is 8.52. The highest BCUT2D eigenvalue weighted by molar-refractivity contribution is 7.09. The molecule has 0 saturated carbocycles. The Hall–Kier alpha value is -2.21. The molecule has 0 saturated heterocycles. The van der Waals surface area contributed by atoms with E-state index in [-0.39, 0.29) is 5.75 Å². The molecule has 6 heteroatoms. The van der Waals surface area contributed by atoms with Gasteiger partial charge in [0, 0.05) is 23.5 Å². The maximum atomic E-state index is 10.1. The number of aliphatic imine (C=N–C) groups is 1. The Morgan fingerprint density at radius 2 is 2.13 bits per heavy atom. The third kappa shape index (κ3) is 5.17. The summed E-state index contributed by atoms with van der Waals surface area (Å²) in [4.78, 5) is 5.87. The quantitative estimate of drug-likeness (QED) is 0.538. The van der Waals surface area contributed by atoms with Crippen LogP contribution in [0.25, 0.3) is 0 Å². The molecule has 2 rings (SSSR count). The molecular formula is C17H23N3O2S. The van der Waals surface area contributed by atoms with E-state index in [1.807, 2.05) is 19.1 Å². The monoisotopic (exact) mass is 333 g/mol. The van der Waals surface area contributed by atoms with Crippen LogP contribution in [0.1, 0.15) is 17.4 Å². The number of guanidine groups is 1. The third-order valence-electron chi connectivity index (χ3n) is 3.30. The summed E-state index contributed by atoms with van der Waals surface area (Å²) in [6, 6.07) is 9.61. The van der Waals surface area contributed by atoms with Gasteiger partial charge >= 0.3 is 0 Å². The van der Waals surface area contributed by atoms with Crippen LogP contribution in [0, 0.1) is 0 Å². The van der Waals surface area contributed by atoms with Gasteiger partial charge in [-0.15, -0.1) is 11.3 Å². The van der Waals surface area contributed by atoms with Gasteiger partial charge in [-0.05, 0) is 30.9 Å². The van der Waals surface area contributed by atoms with Crippen LogP contribution in [-0.4, -0.2) is 31.3 Å². The summed E-state index contributed by atoms with van der Waals surface area (Å²) in [6.07, 6.45) is 0.965. The van der Waals surface area contributed by atoms with Crippen molar-refractivity contribution in [3.63, 3.8) is 0 Å². The summed E-state index contributed by atoms with van der Waals surface area (Å²) < 4.78 is 5.12. The van der Waals surface area contributed by atoms with Gasteiger partial charge in [0.1, 0.15) is 0 Å². The Labute approximate surface area is 141 Å². The van der Waals surface area contributed by atoms with Gasteiger partial charge in [-0.3, -0.25) is 0 Å². The van der Waals surface area contributed by atoms with Crippen LogP contribution in [-0.2, 0) is 13.0 Å². The number of aromatic hydroxyl groups is 1. The second kappa shape index (κ2) is 9.05. The van der Waals surface area contributed by atoms with E-state index < -0.39 is 0 Å². The largest absolute Gasteiger partial charge is 0.504 e. The molecule has 0 atom stereocenters. The van der Waals surface area contributed by atoms with Crippen molar-refractivity contribution in [1.29, 1.82) is 0 Å². The smallest absolute Gasteiger partial charge is 0.191 e. The van der Waals surface area contributed by atoms with Crippen LogP contribution in [0.3, 0.4) is 0 Å². The van der Waals surface area contributed by atoms with Gasteiger partial charge < -0.3 is 20.5 Å². The molecule has 5 nitrogen and oxygen atoms in total. The molecule has 1 heterocycles. The average molecular weight is 333 g/mol. The zero-order valence-corrected chi connectivity index (χ0v) is 14.3.